The van der Waals surface area contributed by atoms with Gasteiger partial charge in [0.05, 0.1) is 0 Å². The molecule has 0 aromatic heterocycles. The molecule has 0 aliphatic rings. The number of carboxylic acid groups (broad SMARTS) is 2. The molecule has 0 rings (SSSR count). The van der Waals surface area contributed by atoms with E-state index in [2.05, 4.69) is 0 Å². The summed E-state index contributed by atoms with van der Waals surface area (Å²) in [5.41, 5.74) is 0. The quantitative estimate of drug-likeness (QED) is 0.245. The van der Waals surface area contributed by atoms with E-state index in [1.54, 1.807) is 0 Å². The fourth-order valence-electron chi connectivity index (χ4n) is 0. The van der Waals surface area contributed by atoms with Crippen LogP contribution in [0.1, 0.15) is 0 Å². The summed E-state index contributed by atoms with van der Waals surface area (Å²) in [7, 11) is -5.17. The van der Waals surface area contributed by atoms with Gasteiger partial charge in [-0.1, -0.05) is 0 Å². The molecule has 0 aromatic rings. The normalized spacial score (nSPS) is 6.83. The minimum absolute atomic E-state index is 0. The van der Waals surface area contributed by atoms with Crippen molar-refractivity contribution in [3.63, 3.8) is 0 Å². The Kier molecular flexibility index (Phi) is 38.0. The van der Waals surface area contributed by atoms with E-state index in [1.807, 2.05) is 0 Å². The minimum atomic E-state index is -5.17. The summed E-state index contributed by atoms with van der Waals surface area (Å²) >= 11 is 0. The zero-order valence-electron chi connectivity index (χ0n) is 6.80. The number of rotatable bonds is 0. The van der Waals surface area contributed by atoms with Crippen molar-refractivity contribution in [1.82, 2.24) is 0 Å². The predicted octanol–water partition coefficient (Wildman–Crippen LogP) is -11.4. The van der Waals surface area contributed by atoms with Gasteiger partial charge in [0.2, 0.25) is 6.16 Å². The Balaban J connectivity index is -0.0000000221. The second-order valence-electron chi connectivity index (χ2n) is 0.674. The van der Waals surface area contributed by atoms with E-state index in [4.69, 9.17) is 32.5 Å². The van der Waals surface area contributed by atoms with Crippen LogP contribution in [0.5, 0.6) is 0 Å². The van der Waals surface area contributed by atoms with Crippen molar-refractivity contribution in [2.75, 3.05) is 0 Å². The Morgan fingerprint density at radius 2 is 1.08 bits per heavy atom. The maximum Gasteiger partial charge on any atom is 1.00 e. The fourth-order valence-corrected chi connectivity index (χ4v) is 0. The maximum atomic E-state index is 8.52. The molecular formula is CHNa3O7S. The largest absolute Gasteiger partial charge is 1.00 e. The zero-order chi connectivity index (χ0) is 8.08. The van der Waals surface area contributed by atoms with Gasteiger partial charge in [-0.2, -0.15) is 0 Å². The molecule has 11 heteroatoms. The van der Waals surface area contributed by atoms with Crippen LogP contribution in [0.4, 0.5) is 4.79 Å². The summed E-state index contributed by atoms with van der Waals surface area (Å²) in [5.74, 6) is 0. The third-order valence-corrected chi connectivity index (χ3v) is 0. The summed E-state index contributed by atoms with van der Waals surface area (Å²) in [5, 5.41) is 15.3. The standard InChI is InChI=1S/CH2O3.3Na.H2O4S/c2-1(3)4;;;;1-5(2,3)4/h(H2,2,3,4);;;;(H2,1,2,3,4)/q;3*+1;/p-3. The average molecular weight is 226 g/mol. The minimum Gasteiger partial charge on any atom is -0.759 e. The van der Waals surface area contributed by atoms with E-state index in [0.717, 1.165) is 0 Å². The second kappa shape index (κ2) is 15.6. The molecule has 0 aromatic carbocycles. The van der Waals surface area contributed by atoms with Gasteiger partial charge in [-0.05, 0) is 0 Å². The van der Waals surface area contributed by atoms with Gasteiger partial charge in [0.1, 0.15) is 0 Å². The molecule has 56 valence electrons. The summed E-state index contributed by atoms with van der Waals surface area (Å²) in [4.78, 5) is 8.44. The summed E-state index contributed by atoms with van der Waals surface area (Å²) in [6, 6.07) is 0. The predicted molar refractivity (Wildman–Crippen MR) is 18.5 cm³/mol. The Labute approximate surface area is 135 Å². The molecule has 0 aliphatic heterocycles. The van der Waals surface area contributed by atoms with Crippen molar-refractivity contribution < 1.29 is 121 Å². The van der Waals surface area contributed by atoms with Crippen LogP contribution in [0.25, 0.3) is 0 Å². The molecule has 0 fully saturated rings. The molecule has 0 saturated heterocycles. The van der Waals surface area contributed by atoms with E-state index >= 15 is 0 Å². The first-order valence-electron chi connectivity index (χ1n) is 1.30. The first-order chi connectivity index (χ1) is 3.73. The van der Waals surface area contributed by atoms with E-state index < -0.39 is 16.6 Å². The van der Waals surface area contributed by atoms with Crippen molar-refractivity contribution >= 4 is 16.6 Å². The molecule has 0 aliphatic carbocycles. The Hall–Kier alpha value is 2.14. The molecule has 7 nitrogen and oxygen atoms in total. The van der Waals surface area contributed by atoms with Crippen molar-refractivity contribution in [3.8, 4) is 0 Å². The van der Waals surface area contributed by atoms with E-state index in [9.17, 15) is 0 Å². The van der Waals surface area contributed by atoms with Gasteiger partial charge in [0.15, 0.2) is 0 Å². The molecule has 0 amide bonds. The van der Waals surface area contributed by atoms with Crippen LogP contribution in [-0.2, 0) is 10.4 Å². The third-order valence-electron chi connectivity index (χ3n) is 0. The van der Waals surface area contributed by atoms with E-state index in [-0.39, 0.29) is 88.7 Å². The summed E-state index contributed by atoms with van der Waals surface area (Å²) < 4.78 is 34.1. The molecular weight excluding hydrogens is 225 g/mol. The van der Waals surface area contributed by atoms with Crippen molar-refractivity contribution in [2.45, 2.75) is 0 Å². The van der Waals surface area contributed by atoms with E-state index in [1.165, 1.54) is 0 Å². The van der Waals surface area contributed by atoms with E-state index in [0.29, 0.717) is 0 Å². The summed E-state index contributed by atoms with van der Waals surface area (Å²) in [6.07, 6.45) is -2.08. The van der Waals surface area contributed by atoms with Crippen LogP contribution in [0.15, 0.2) is 0 Å². The van der Waals surface area contributed by atoms with Gasteiger partial charge in [0, 0.05) is 10.4 Å². The third kappa shape index (κ3) is 329. The first-order valence-corrected chi connectivity index (χ1v) is 2.63. The Bertz CT molecular complexity index is 161. The molecule has 0 heterocycles. The van der Waals surface area contributed by atoms with Crippen molar-refractivity contribution in [1.29, 1.82) is 0 Å². The smallest absolute Gasteiger partial charge is 0.759 e. The van der Waals surface area contributed by atoms with Crippen LogP contribution in [-0.4, -0.2) is 28.8 Å². The van der Waals surface area contributed by atoms with Crippen molar-refractivity contribution in [2.24, 2.45) is 0 Å². The van der Waals surface area contributed by atoms with Crippen LogP contribution in [0.3, 0.4) is 0 Å². The molecule has 1 N–H and O–H groups in total. The SMILES string of the molecule is O=C([O-])O.O=S(=O)([O-])[O-].[Na+].[Na+].[Na+]. The van der Waals surface area contributed by atoms with Crippen LogP contribution >= 0.6 is 0 Å². The van der Waals surface area contributed by atoms with Gasteiger partial charge in [0.25, 0.3) is 0 Å². The number of hydrogen-bond acceptors (Lipinski definition) is 6. The van der Waals surface area contributed by atoms with Gasteiger partial charge in [-0.25, -0.2) is 0 Å². The molecule has 0 saturated carbocycles. The Morgan fingerprint density at radius 1 is 1.08 bits per heavy atom. The van der Waals surface area contributed by atoms with Crippen LogP contribution in [0.2, 0.25) is 0 Å². The van der Waals surface area contributed by atoms with Gasteiger partial charge < -0.3 is 24.1 Å². The second-order valence-corrected chi connectivity index (χ2v) is 1.49. The average Bonchev–Trinajstić information content (AvgIpc) is 1.19. The Morgan fingerprint density at radius 3 is 1.08 bits per heavy atom. The fraction of sp³-hybridized carbons (Fsp3) is 0. The van der Waals surface area contributed by atoms with Gasteiger partial charge >= 0.3 is 88.7 Å². The molecule has 0 unspecified atom stereocenters. The number of hydrogen-bond donors (Lipinski definition) is 1. The topological polar surface area (TPSA) is 141 Å². The molecule has 0 radical (unpaired) electrons. The molecule has 0 atom stereocenters. The van der Waals surface area contributed by atoms with Gasteiger partial charge in [-0.15, -0.1) is 0 Å². The summed E-state index contributed by atoms with van der Waals surface area (Å²) in [6.45, 7) is 0. The maximum absolute atomic E-state index is 8.52. The monoisotopic (exact) mass is 226 g/mol. The van der Waals surface area contributed by atoms with Crippen LogP contribution < -0.4 is 93.8 Å². The number of carbonyl (C=O) groups is 1. The van der Waals surface area contributed by atoms with Crippen molar-refractivity contribution in [3.05, 3.63) is 0 Å². The zero-order valence-corrected chi connectivity index (χ0v) is 13.6. The van der Waals surface area contributed by atoms with Gasteiger partial charge in [-0.3, -0.25) is 8.42 Å². The first kappa shape index (κ1) is 29.2. The molecule has 0 bridgehead atoms. The molecule has 0 spiro atoms. The molecule has 12 heavy (non-hydrogen) atoms. The van der Waals surface area contributed by atoms with Crippen LogP contribution in [0, 0.1) is 0 Å².